The number of hydrogen-bond donors (Lipinski definition) is 2. The van der Waals surface area contributed by atoms with Crippen LogP contribution in [0.3, 0.4) is 0 Å². The minimum Gasteiger partial charge on any atom is -0.493 e. The van der Waals surface area contributed by atoms with E-state index in [0.29, 0.717) is 22.9 Å². The molecule has 0 aliphatic rings. The van der Waals surface area contributed by atoms with Crippen molar-refractivity contribution in [2.24, 2.45) is 5.73 Å². The summed E-state index contributed by atoms with van der Waals surface area (Å²) >= 11 is 5.99. The van der Waals surface area contributed by atoms with Gasteiger partial charge >= 0.3 is 0 Å². The van der Waals surface area contributed by atoms with Gasteiger partial charge in [0.15, 0.2) is 11.5 Å². The molecule has 3 aromatic rings. The van der Waals surface area contributed by atoms with Crippen LogP contribution in [0.5, 0.6) is 11.5 Å². The molecule has 0 saturated heterocycles. The summed E-state index contributed by atoms with van der Waals surface area (Å²) in [5, 5.41) is 0.668. The standard InChI is InChI=1S/C17H18ClN3O2/c1-22-15-6-3-10(8-16(15)23-2)7-12(19)17-20-13-5-4-11(18)9-14(13)21-17/h3-6,8-9,12H,7,19H2,1-2H3,(H,20,21)/t12-/m0/s1. The number of aromatic amines is 1. The molecule has 0 aliphatic heterocycles. The molecule has 0 amide bonds. The van der Waals surface area contributed by atoms with Gasteiger partial charge in [-0.15, -0.1) is 0 Å². The molecule has 1 aromatic heterocycles. The number of hydrogen-bond acceptors (Lipinski definition) is 4. The summed E-state index contributed by atoms with van der Waals surface area (Å²) in [7, 11) is 3.23. The Morgan fingerprint density at radius 2 is 1.91 bits per heavy atom. The number of imidazole rings is 1. The first-order chi connectivity index (χ1) is 11.1. The number of fused-ring (bicyclic) bond motifs is 1. The quantitative estimate of drug-likeness (QED) is 0.750. The van der Waals surface area contributed by atoms with Crippen LogP contribution in [0, 0.1) is 0 Å². The molecular formula is C17H18ClN3O2. The molecule has 0 unspecified atom stereocenters. The third kappa shape index (κ3) is 3.25. The number of benzene rings is 2. The largest absolute Gasteiger partial charge is 0.493 e. The van der Waals surface area contributed by atoms with Crippen molar-refractivity contribution in [2.75, 3.05) is 14.2 Å². The Morgan fingerprint density at radius 3 is 2.65 bits per heavy atom. The minimum absolute atomic E-state index is 0.251. The lowest BCUT2D eigenvalue weighted by Gasteiger charge is -2.12. The van der Waals surface area contributed by atoms with Crippen molar-refractivity contribution >= 4 is 22.6 Å². The molecule has 1 heterocycles. The van der Waals surface area contributed by atoms with Crippen LogP contribution in [-0.4, -0.2) is 24.2 Å². The van der Waals surface area contributed by atoms with Gasteiger partial charge < -0.3 is 20.2 Å². The molecule has 0 aliphatic carbocycles. The highest BCUT2D eigenvalue weighted by molar-refractivity contribution is 6.31. The normalized spacial score (nSPS) is 12.3. The summed E-state index contributed by atoms with van der Waals surface area (Å²) in [4.78, 5) is 7.76. The summed E-state index contributed by atoms with van der Waals surface area (Å²) in [5.74, 6) is 2.12. The first kappa shape index (κ1) is 15.6. The van der Waals surface area contributed by atoms with Gasteiger partial charge in [0.05, 0.1) is 31.3 Å². The fourth-order valence-corrected chi connectivity index (χ4v) is 2.71. The molecule has 23 heavy (non-hydrogen) atoms. The maximum absolute atomic E-state index is 6.29. The van der Waals surface area contributed by atoms with Crippen molar-refractivity contribution in [3.05, 3.63) is 52.8 Å². The van der Waals surface area contributed by atoms with E-state index < -0.39 is 0 Å². The van der Waals surface area contributed by atoms with Crippen molar-refractivity contribution in [1.29, 1.82) is 0 Å². The van der Waals surface area contributed by atoms with E-state index in [2.05, 4.69) is 9.97 Å². The summed E-state index contributed by atoms with van der Waals surface area (Å²) in [5.41, 5.74) is 9.08. The molecule has 120 valence electrons. The predicted molar refractivity (Wildman–Crippen MR) is 91.3 cm³/mol. The van der Waals surface area contributed by atoms with E-state index in [9.17, 15) is 0 Å². The maximum atomic E-state index is 6.29. The lowest BCUT2D eigenvalue weighted by molar-refractivity contribution is 0.354. The number of rotatable bonds is 5. The van der Waals surface area contributed by atoms with Crippen LogP contribution in [0.4, 0.5) is 0 Å². The van der Waals surface area contributed by atoms with E-state index in [1.54, 1.807) is 14.2 Å². The minimum atomic E-state index is -0.251. The number of nitrogens with two attached hydrogens (primary N) is 1. The lowest BCUT2D eigenvalue weighted by Crippen LogP contribution is -2.15. The summed E-state index contributed by atoms with van der Waals surface area (Å²) < 4.78 is 10.6. The highest BCUT2D eigenvalue weighted by Crippen LogP contribution is 2.29. The van der Waals surface area contributed by atoms with Crippen LogP contribution in [0.1, 0.15) is 17.4 Å². The number of nitrogens with one attached hydrogen (secondary N) is 1. The Hall–Kier alpha value is -2.24. The predicted octanol–water partition coefficient (Wildman–Crippen LogP) is 3.48. The van der Waals surface area contributed by atoms with Gasteiger partial charge in [-0.3, -0.25) is 0 Å². The van der Waals surface area contributed by atoms with Gasteiger partial charge in [-0.1, -0.05) is 17.7 Å². The third-order valence-corrected chi connectivity index (χ3v) is 3.95. The van der Waals surface area contributed by atoms with E-state index in [-0.39, 0.29) is 6.04 Å². The van der Waals surface area contributed by atoms with E-state index in [0.717, 1.165) is 22.4 Å². The van der Waals surface area contributed by atoms with Crippen LogP contribution < -0.4 is 15.2 Å². The second kappa shape index (κ2) is 6.48. The number of H-pyrrole nitrogens is 1. The first-order valence-electron chi connectivity index (χ1n) is 7.22. The van der Waals surface area contributed by atoms with Gasteiger partial charge in [0, 0.05) is 5.02 Å². The molecule has 6 heteroatoms. The Bertz CT molecular complexity index is 832. The topological polar surface area (TPSA) is 73.2 Å². The highest BCUT2D eigenvalue weighted by atomic mass is 35.5. The summed E-state index contributed by atoms with van der Waals surface area (Å²) in [6.45, 7) is 0. The summed E-state index contributed by atoms with van der Waals surface area (Å²) in [6.07, 6.45) is 0.633. The van der Waals surface area contributed by atoms with E-state index in [1.165, 1.54) is 0 Å². The van der Waals surface area contributed by atoms with E-state index in [1.807, 2.05) is 36.4 Å². The number of methoxy groups -OCH3 is 2. The summed E-state index contributed by atoms with van der Waals surface area (Å²) in [6, 6.07) is 11.1. The third-order valence-electron chi connectivity index (χ3n) is 3.72. The zero-order valence-electron chi connectivity index (χ0n) is 13.0. The van der Waals surface area contributed by atoms with Crippen LogP contribution in [0.2, 0.25) is 5.02 Å². The molecular weight excluding hydrogens is 314 g/mol. The van der Waals surface area contributed by atoms with Crippen molar-refractivity contribution in [3.63, 3.8) is 0 Å². The fraction of sp³-hybridized carbons (Fsp3) is 0.235. The van der Waals surface area contributed by atoms with Gasteiger partial charge in [-0.05, 0) is 42.3 Å². The van der Waals surface area contributed by atoms with Crippen LogP contribution in [-0.2, 0) is 6.42 Å². The Morgan fingerprint density at radius 1 is 1.13 bits per heavy atom. The van der Waals surface area contributed by atoms with Gasteiger partial charge in [0.2, 0.25) is 0 Å². The second-order valence-corrected chi connectivity index (χ2v) is 5.72. The molecule has 2 aromatic carbocycles. The number of halogens is 1. The number of ether oxygens (including phenoxy) is 2. The number of aromatic nitrogens is 2. The van der Waals surface area contributed by atoms with Crippen molar-refractivity contribution in [1.82, 2.24) is 9.97 Å². The Balaban J connectivity index is 1.83. The van der Waals surface area contributed by atoms with Gasteiger partial charge in [0.25, 0.3) is 0 Å². The monoisotopic (exact) mass is 331 g/mol. The van der Waals surface area contributed by atoms with E-state index >= 15 is 0 Å². The molecule has 0 bridgehead atoms. The molecule has 0 fully saturated rings. The molecule has 3 rings (SSSR count). The average molecular weight is 332 g/mol. The molecule has 0 radical (unpaired) electrons. The molecule has 0 spiro atoms. The maximum Gasteiger partial charge on any atom is 0.160 e. The SMILES string of the molecule is COc1ccc(C[C@H](N)c2nc3ccc(Cl)cc3[nH]2)cc1OC. The first-order valence-corrected chi connectivity index (χ1v) is 7.60. The van der Waals surface area contributed by atoms with Crippen molar-refractivity contribution < 1.29 is 9.47 Å². The van der Waals surface area contributed by atoms with Gasteiger partial charge in [-0.2, -0.15) is 0 Å². The highest BCUT2D eigenvalue weighted by Gasteiger charge is 2.14. The Labute approximate surface area is 139 Å². The van der Waals surface area contributed by atoms with Gasteiger partial charge in [0.1, 0.15) is 5.82 Å². The van der Waals surface area contributed by atoms with Crippen molar-refractivity contribution in [3.8, 4) is 11.5 Å². The zero-order chi connectivity index (χ0) is 16.4. The Kier molecular flexibility index (Phi) is 4.41. The lowest BCUT2D eigenvalue weighted by atomic mass is 10.1. The molecule has 0 saturated carbocycles. The molecule has 5 nitrogen and oxygen atoms in total. The fourth-order valence-electron chi connectivity index (χ4n) is 2.54. The smallest absolute Gasteiger partial charge is 0.160 e. The van der Waals surface area contributed by atoms with Crippen LogP contribution in [0.25, 0.3) is 11.0 Å². The zero-order valence-corrected chi connectivity index (χ0v) is 13.7. The van der Waals surface area contributed by atoms with Crippen LogP contribution in [0.15, 0.2) is 36.4 Å². The van der Waals surface area contributed by atoms with E-state index in [4.69, 9.17) is 26.8 Å². The van der Waals surface area contributed by atoms with Gasteiger partial charge in [-0.25, -0.2) is 4.98 Å². The average Bonchev–Trinajstić information content (AvgIpc) is 2.97. The van der Waals surface area contributed by atoms with Crippen LogP contribution >= 0.6 is 11.6 Å². The van der Waals surface area contributed by atoms with Crippen molar-refractivity contribution in [2.45, 2.75) is 12.5 Å². The molecule has 1 atom stereocenters. The second-order valence-electron chi connectivity index (χ2n) is 5.28. The molecule has 3 N–H and O–H groups in total. The number of nitrogens with zero attached hydrogens (tertiary/aromatic N) is 1.